The van der Waals surface area contributed by atoms with Gasteiger partial charge in [-0.25, -0.2) is 4.98 Å². The van der Waals surface area contributed by atoms with E-state index in [9.17, 15) is 24.7 Å². The molecule has 0 spiro atoms. The van der Waals surface area contributed by atoms with Gasteiger partial charge in [-0.3, -0.25) is 19.5 Å². The molecule has 4 rings (SSSR count). The van der Waals surface area contributed by atoms with Crippen LogP contribution in [0.1, 0.15) is 17.1 Å². The average molecular weight is 543 g/mol. The molecule has 2 aromatic rings. The minimum absolute atomic E-state index is 0. The Morgan fingerprint density at radius 2 is 2.17 bits per heavy atom. The van der Waals surface area contributed by atoms with Crippen LogP contribution in [0.3, 0.4) is 0 Å². The second-order valence-electron chi connectivity index (χ2n) is 7.31. The Morgan fingerprint density at radius 3 is 2.80 bits per heavy atom. The number of hydrogen-bond acceptors (Lipinski definition) is 12. The number of thiazole rings is 1. The molecule has 0 aliphatic carbocycles. The number of anilines is 1. The van der Waals surface area contributed by atoms with Gasteiger partial charge in [-0.05, 0) is 25.5 Å². The maximum Gasteiger partial charge on any atom is 1.00 e. The normalized spacial score (nSPS) is 19.5. The van der Waals surface area contributed by atoms with Gasteiger partial charge in [-0.15, -0.1) is 34.9 Å². The quantitative estimate of drug-likeness (QED) is 0.102. The summed E-state index contributed by atoms with van der Waals surface area (Å²) in [5.41, 5.74) is 6.86. The zero-order valence-corrected chi connectivity index (χ0v) is 23.2. The van der Waals surface area contributed by atoms with Crippen LogP contribution < -0.4 is 45.7 Å². The van der Waals surface area contributed by atoms with E-state index in [-0.39, 0.29) is 46.1 Å². The largest absolute Gasteiger partial charge is 1.00 e. The summed E-state index contributed by atoms with van der Waals surface area (Å²) in [5.74, 6) is -1.92. The number of carboxylic acid groups (broad SMARTS) is 1. The molecule has 1 fully saturated rings. The second kappa shape index (κ2) is 11.8. The predicted octanol–water partition coefficient (Wildman–Crippen LogP) is -3.05. The molecule has 0 bridgehead atoms. The molecule has 178 valence electrons. The molecule has 4 N–H and O–H groups in total. The molecule has 2 aliphatic rings. The number of carbonyl (C=O) groups excluding carboxylic acids is 3. The number of nitrogens with one attached hydrogen (secondary N) is 1. The van der Waals surface area contributed by atoms with Crippen LogP contribution in [0.2, 0.25) is 0 Å². The molecule has 4 heterocycles. The molecule has 35 heavy (non-hydrogen) atoms. The molecule has 2 aromatic heterocycles. The summed E-state index contributed by atoms with van der Waals surface area (Å²) in [6.45, 7) is 1.90. The van der Waals surface area contributed by atoms with Gasteiger partial charge in [0.1, 0.15) is 17.1 Å². The number of nitrogens with zero attached hydrogens (tertiary/aromatic N) is 4. The molecular formula is C20H19N6NaO5S3. The number of aromatic nitrogens is 2. The van der Waals surface area contributed by atoms with E-state index < -0.39 is 34.9 Å². The third-order valence-electron chi connectivity index (χ3n) is 5.07. The molecule has 1 saturated heterocycles. The number of aliphatic carboxylic acids is 1. The number of fused-ring (bicyclic) bond motifs is 1. The van der Waals surface area contributed by atoms with Crippen molar-refractivity contribution in [2.24, 2.45) is 5.16 Å². The summed E-state index contributed by atoms with van der Waals surface area (Å²) in [7, 11) is 0. The van der Waals surface area contributed by atoms with E-state index in [1.165, 1.54) is 28.9 Å². The van der Waals surface area contributed by atoms with Crippen LogP contribution in [0.15, 0.2) is 39.3 Å². The van der Waals surface area contributed by atoms with Crippen molar-refractivity contribution in [1.29, 1.82) is 0 Å². The molecule has 0 unspecified atom stereocenters. The third-order valence-corrected chi connectivity index (χ3v) is 8.30. The van der Waals surface area contributed by atoms with Crippen molar-refractivity contribution in [3.63, 3.8) is 0 Å². The standard InChI is InChI=1S/C20H20N6O5S3.Na/c1-9-3-2-4-10(22-9)5-6-32-12-8-33-18-14(17(28)26(18)15(12)19(29)30)24-16(27)13(25-31)11-7-34-20(21)23-11;/h2-4,7,14,18,31H,5-6,8H2,1H3,(H2,21,23)(H,24,27)(H,29,30);/q;+1/p-1/b25-13-;/t14-,18-;/m1./s1. The number of carbonyl (C=O) groups is 3. The zero-order valence-electron chi connectivity index (χ0n) is 18.8. The summed E-state index contributed by atoms with van der Waals surface area (Å²) in [4.78, 5) is 47.3. The first-order valence-corrected chi connectivity index (χ1v) is 12.9. The number of thioether (sulfide) groups is 2. The van der Waals surface area contributed by atoms with E-state index in [0.29, 0.717) is 22.8 Å². The van der Waals surface area contributed by atoms with E-state index >= 15 is 0 Å². The van der Waals surface area contributed by atoms with Crippen LogP contribution >= 0.6 is 34.9 Å². The number of nitrogen functional groups attached to an aromatic ring is 1. The Kier molecular flexibility index (Phi) is 9.23. The van der Waals surface area contributed by atoms with Gasteiger partial charge in [0.25, 0.3) is 11.8 Å². The van der Waals surface area contributed by atoms with Gasteiger partial charge in [-0.2, -0.15) is 0 Å². The topological polar surface area (TPSA) is 174 Å². The van der Waals surface area contributed by atoms with Crippen LogP contribution in [0.25, 0.3) is 0 Å². The van der Waals surface area contributed by atoms with E-state index in [1.54, 1.807) is 0 Å². The number of aryl methyl sites for hydroxylation is 2. The fourth-order valence-electron chi connectivity index (χ4n) is 3.53. The monoisotopic (exact) mass is 542 g/mol. The molecule has 2 aliphatic heterocycles. The molecule has 15 heteroatoms. The van der Waals surface area contributed by atoms with Crippen molar-refractivity contribution < 1.29 is 54.3 Å². The SMILES string of the molecule is Cc1cccc(CCSC2=C(C(=O)[O-])N3C(=O)[C@@H](NC(=O)/C(=N\O)c4csc(N)n4)[C@H]3SC2)n1.[Na+]. The van der Waals surface area contributed by atoms with E-state index in [4.69, 9.17) is 5.73 Å². The number of carboxylic acids is 1. The second-order valence-corrected chi connectivity index (χ2v) is 10.5. The minimum Gasteiger partial charge on any atom is -0.543 e. The van der Waals surface area contributed by atoms with Crippen molar-refractivity contribution in [3.05, 3.63) is 51.3 Å². The summed E-state index contributed by atoms with van der Waals surface area (Å²) in [6, 6.07) is 4.74. The van der Waals surface area contributed by atoms with Gasteiger partial charge in [-0.1, -0.05) is 11.2 Å². The molecule has 0 radical (unpaired) electrons. The van der Waals surface area contributed by atoms with Crippen molar-refractivity contribution >= 4 is 63.5 Å². The first-order chi connectivity index (χ1) is 16.3. The van der Waals surface area contributed by atoms with Gasteiger partial charge in [0, 0.05) is 33.2 Å². The van der Waals surface area contributed by atoms with E-state index in [0.717, 1.165) is 27.6 Å². The van der Waals surface area contributed by atoms with Crippen LogP contribution in [-0.2, 0) is 20.8 Å². The smallest absolute Gasteiger partial charge is 0.543 e. The van der Waals surface area contributed by atoms with E-state index in [2.05, 4.69) is 20.4 Å². The van der Waals surface area contributed by atoms with Crippen molar-refractivity contribution in [2.45, 2.75) is 24.8 Å². The van der Waals surface area contributed by atoms with E-state index in [1.807, 2.05) is 25.1 Å². The maximum atomic E-state index is 12.8. The van der Waals surface area contributed by atoms with Gasteiger partial charge in [0.05, 0.1) is 11.7 Å². The Labute approximate surface area is 234 Å². The third kappa shape index (κ3) is 5.84. The van der Waals surface area contributed by atoms with Crippen molar-refractivity contribution in [2.75, 3.05) is 17.2 Å². The average Bonchev–Trinajstić information content (AvgIpc) is 3.23. The predicted molar refractivity (Wildman–Crippen MR) is 127 cm³/mol. The fourth-order valence-corrected chi connectivity index (χ4v) is 6.68. The maximum absolute atomic E-state index is 12.8. The number of pyridine rings is 1. The summed E-state index contributed by atoms with van der Waals surface area (Å²) in [6.07, 6.45) is 0.640. The molecule has 0 saturated carbocycles. The first-order valence-electron chi connectivity index (χ1n) is 9.99. The number of β-lactam (4-membered cyclic amide) rings is 1. The molecule has 11 nitrogen and oxygen atoms in total. The number of oxime groups is 1. The molecule has 2 atom stereocenters. The van der Waals surface area contributed by atoms with Crippen LogP contribution in [-0.4, -0.2) is 66.5 Å². The van der Waals surface area contributed by atoms with Crippen molar-refractivity contribution in [3.8, 4) is 0 Å². The van der Waals surface area contributed by atoms with Crippen LogP contribution in [0, 0.1) is 6.92 Å². The van der Waals surface area contributed by atoms with Gasteiger partial charge in [0.15, 0.2) is 10.8 Å². The Hall–Kier alpha value is -2.10. The number of nitrogens with two attached hydrogens (primary N) is 1. The summed E-state index contributed by atoms with van der Waals surface area (Å²) >= 11 is 3.74. The summed E-state index contributed by atoms with van der Waals surface area (Å²) < 4.78 is 0. The summed E-state index contributed by atoms with van der Waals surface area (Å²) in [5, 5.41) is 27.6. The number of rotatable bonds is 8. The van der Waals surface area contributed by atoms with Crippen LogP contribution in [0.5, 0.6) is 0 Å². The Bertz CT molecular complexity index is 1220. The van der Waals surface area contributed by atoms with Gasteiger partial charge >= 0.3 is 29.6 Å². The van der Waals surface area contributed by atoms with Gasteiger partial charge in [0.2, 0.25) is 0 Å². The molecule has 0 aromatic carbocycles. The molecular weight excluding hydrogens is 523 g/mol. The minimum atomic E-state index is -1.45. The number of hydrogen-bond donors (Lipinski definition) is 3. The Balaban J connectivity index is 0.00000342. The van der Waals surface area contributed by atoms with Crippen LogP contribution in [0.4, 0.5) is 5.13 Å². The first kappa shape index (κ1) is 27.5. The molecule has 2 amide bonds. The number of amides is 2. The fraction of sp³-hybridized carbons (Fsp3) is 0.300. The van der Waals surface area contributed by atoms with Gasteiger partial charge < -0.3 is 26.2 Å². The van der Waals surface area contributed by atoms with Crippen molar-refractivity contribution in [1.82, 2.24) is 20.2 Å². The Morgan fingerprint density at radius 1 is 1.40 bits per heavy atom. The zero-order chi connectivity index (χ0) is 24.4.